The summed E-state index contributed by atoms with van der Waals surface area (Å²) in [6.45, 7) is 4.48. The molecule has 23 heavy (non-hydrogen) atoms. The summed E-state index contributed by atoms with van der Waals surface area (Å²) < 4.78 is 20.1. The van der Waals surface area contributed by atoms with Crippen molar-refractivity contribution < 1.29 is 14.2 Å². The number of nitrogen functional groups attached to an aromatic ring is 1. The molecular formula is C14H20N6O3. The first-order chi connectivity index (χ1) is 11.0. The van der Waals surface area contributed by atoms with Gasteiger partial charge in [-0.2, -0.15) is 0 Å². The highest BCUT2D eigenvalue weighted by molar-refractivity contribution is 5.81. The van der Waals surface area contributed by atoms with Gasteiger partial charge in [0.05, 0.1) is 6.33 Å². The lowest BCUT2D eigenvalue weighted by atomic mass is 10.1. The van der Waals surface area contributed by atoms with Gasteiger partial charge in [0.1, 0.15) is 30.2 Å². The van der Waals surface area contributed by atoms with E-state index < -0.39 is 5.79 Å². The molecule has 2 fully saturated rings. The normalized spacial score (nSPS) is 32.5. The van der Waals surface area contributed by atoms with E-state index in [9.17, 15) is 0 Å². The van der Waals surface area contributed by atoms with E-state index in [0.717, 1.165) is 0 Å². The van der Waals surface area contributed by atoms with Crippen LogP contribution in [0.15, 0.2) is 12.7 Å². The number of aromatic nitrogens is 4. The van der Waals surface area contributed by atoms with Crippen molar-refractivity contribution in [1.29, 1.82) is 0 Å². The van der Waals surface area contributed by atoms with Crippen LogP contribution in [0.3, 0.4) is 0 Å². The van der Waals surface area contributed by atoms with Gasteiger partial charge in [-0.3, -0.25) is 4.57 Å². The fourth-order valence-corrected chi connectivity index (χ4v) is 3.30. The van der Waals surface area contributed by atoms with Crippen LogP contribution in [0.4, 0.5) is 5.82 Å². The molecule has 124 valence electrons. The second-order valence-electron chi connectivity index (χ2n) is 6.27. The third kappa shape index (κ3) is 2.27. The van der Waals surface area contributed by atoms with Crippen LogP contribution >= 0.6 is 0 Å². The van der Waals surface area contributed by atoms with Crippen LogP contribution in [0.1, 0.15) is 20.1 Å². The Labute approximate surface area is 133 Å². The highest BCUT2D eigenvalue weighted by Gasteiger charge is 2.55. The highest BCUT2D eigenvalue weighted by Crippen LogP contribution is 2.43. The largest absolute Gasteiger partial charge is 0.382 e. The molecule has 9 nitrogen and oxygen atoms in total. The summed E-state index contributed by atoms with van der Waals surface area (Å²) in [6.07, 6.45) is 2.20. The van der Waals surface area contributed by atoms with Gasteiger partial charge >= 0.3 is 0 Å². The minimum Gasteiger partial charge on any atom is -0.382 e. The fraction of sp³-hybridized carbons (Fsp3) is 0.643. The summed E-state index contributed by atoms with van der Waals surface area (Å²) in [5.41, 5.74) is 7.04. The van der Waals surface area contributed by atoms with E-state index in [1.54, 1.807) is 6.33 Å². The van der Waals surface area contributed by atoms with Crippen LogP contribution in [-0.2, 0) is 14.2 Å². The molecule has 2 saturated heterocycles. The standard InChI is InChI=1S/C14H20N6O3/c1-14(2)22-9-7(4-16-3)21-13(10(9)23-14)20-6-19-8-11(15)17-5-18-12(8)20/h5-7,9-10,13,16H,4H2,1-3H3,(H2,15,17,18)/t7-,9?,10?,13-/m1/s1. The fourth-order valence-electron chi connectivity index (χ4n) is 3.30. The Morgan fingerprint density at radius 3 is 2.83 bits per heavy atom. The van der Waals surface area contributed by atoms with E-state index >= 15 is 0 Å². The molecule has 2 unspecified atom stereocenters. The number of nitrogens with two attached hydrogens (primary N) is 1. The van der Waals surface area contributed by atoms with E-state index in [-0.39, 0.29) is 24.5 Å². The number of rotatable bonds is 3. The molecule has 2 aromatic rings. The summed E-state index contributed by atoms with van der Waals surface area (Å²) >= 11 is 0. The molecule has 0 spiro atoms. The van der Waals surface area contributed by atoms with Crippen molar-refractivity contribution in [2.24, 2.45) is 0 Å². The molecule has 3 N–H and O–H groups in total. The molecule has 9 heteroatoms. The molecule has 0 bridgehead atoms. The molecule has 0 saturated carbocycles. The van der Waals surface area contributed by atoms with Gasteiger partial charge in [-0.25, -0.2) is 15.0 Å². The van der Waals surface area contributed by atoms with Crippen molar-refractivity contribution in [3.05, 3.63) is 12.7 Å². The number of anilines is 1. The Morgan fingerprint density at radius 2 is 2.04 bits per heavy atom. The zero-order valence-electron chi connectivity index (χ0n) is 13.3. The van der Waals surface area contributed by atoms with Crippen molar-refractivity contribution in [2.75, 3.05) is 19.3 Å². The average Bonchev–Trinajstić information content (AvgIpc) is 3.13. The van der Waals surface area contributed by atoms with E-state index in [1.807, 2.05) is 25.5 Å². The maximum Gasteiger partial charge on any atom is 0.167 e. The van der Waals surface area contributed by atoms with Gasteiger partial charge < -0.3 is 25.3 Å². The maximum atomic E-state index is 6.16. The molecule has 4 heterocycles. The summed E-state index contributed by atoms with van der Waals surface area (Å²) in [5, 5.41) is 3.13. The molecule has 2 aliphatic rings. The van der Waals surface area contributed by atoms with E-state index in [4.69, 9.17) is 19.9 Å². The van der Waals surface area contributed by atoms with Gasteiger partial charge in [-0.15, -0.1) is 0 Å². The minimum atomic E-state index is -0.645. The Morgan fingerprint density at radius 1 is 1.26 bits per heavy atom. The number of ether oxygens (including phenoxy) is 3. The Balaban J connectivity index is 1.74. The van der Waals surface area contributed by atoms with Crippen molar-refractivity contribution in [1.82, 2.24) is 24.8 Å². The van der Waals surface area contributed by atoms with Crippen LogP contribution in [-0.4, -0.2) is 57.2 Å². The topological polar surface area (TPSA) is 109 Å². The summed E-state index contributed by atoms with van der Waals surface area (Å²) in [6, 6.07) is 0. The molecular weight excluding hydrogens is 300 g/mol. The molecule has 0 aliphatic carbocycles. The lowest BCUT2D eigenvalue weighted by molar-refractivity contribution is -0.195. The van der Waals surface area contributed by atoms with Gasteiger partial charge in [-0.05, 0) is 20.9 Å². The number of nitrogens with one attached hydrogen (secondary N) is 1. The smallest absolute Gasteiger partial charge is 0.167 e. The predicted molar refractivity (Wildman–Crippen MR) is 81.4 cm³/mol. The predicted octanol–water partition coefficient (Wildman–Crippen LogP) is 0.0454. The quantitative estimate of drug-likeness (QED) is 0.816. The Kier molecular flexibility index (Phi) is 3.27. The summed E-state index contributed by atoms with van der Waals surface area (Å²) in [5.74, 6) is -0.299. The lowest BCUT2D eigenvalue weighted by Crippen LogP contribution is -2.36. The van der Waals surface area contributed by atoms with Crippen LogP contribution in [0.25, 0.3) is 11.2 Å². The Bertz CT molecular complexity index is 732. The van der Waals surface area contributed by atoms with Crippen LogP contribution < -0.4 is 11.1 Å². The molecule has 4 rings (SSSR count). The first-order valence-corrected chi connectivity index (χ1v) is 7.59. The number of hydrogen-bond acceptors (Lipinski definition) is 8. The molecule has 2 aromatic heterocycles. The zero-order chi connectivity index (χ0) is 16.2. The SMILES string of the molecule is CNC[C@H]1O[C@@H](n2cnc3c(N)ncnc32)C2OC(C)(C)OC21. The van der Waals surface area contributed by atoms with E-state index in [0.29, 0.717) is 23.5 Å². The van der Waals surface area contributed by atoms with Gasteiger partial charge in [0.25, 0.3) is 0 Å². The minimum absolute atomic E-state index is 0.117. The number of hydrogen-bond donors (Lipinski definition) is 2. The molecule has 0 amide bonds. The van der Waals surface area contributed by atoms with Crippen molar-refractivity contribution >= 4 is 17.0 Å². The molecule has 4 atom stereocenters. The first-order valence-electron chi connectivity index (χ1n) is 7.59. The number of nitrogens with zero attached hydrogens (tertiary/aromatic N) is 4. The summed E-state index contributed by atoms with van der Waals surface area (Å²) in [7, 11) is 1.88. The highest BCUT2D eigenvalue weighted by atomic mass is 16.8. The number of likely N-dealkylation sites (N-methyl/N-ethyl adjacent to an activating group) is 1. The summed E-state index contributed by atoms with van der Waals surface area (Å²) in [4.78, 5) is 12.6. The van der Waals surface area contributed by atoms with Crippen molar-refractivity contribution in [3.8, 4) is 0 Å². The zero-order valence-corrected chi connectivity index (χ0v) is 13.3. The Hall–Kier alpha value is -1.81. The maximum absolute atomic E-state index is 6.16. The number of fused-ring (bicyclic) bond motifs is 2. The average molecular weight is 320 g/mol. The van der Waals surface area contributed by atoms with Gasteiger partial charge in [0.2, 0.25) is 0 Å². The van der Waals surface area contributed by atoms with E-state index in [1.165, 1.54) is 6.33 Å². The van der Waals surface area contributed by atoms with Crippen LogP contribution in [0.5, 0.6) is 0 Å². The van der Waals surface area contributed by atoms with Crippen molar-refractivity contribution in [3.63, 3.8) is 0 Å². The van der Waals surface area contributed by atoms with Gasteiger partial charge in [0.15, 0.2) is 23.5 Å². The monoisotopic (exact) mass is 320 g/mol. The first kappa shape index (κ1) is 14.8. The second kappa shape index (κ2) is 5.10. The third-order valence-electron chi connectivity index (χ3n) is 4.19. The van der Waals surface area contributed by atoms with E-state index in [2.05, 4.69) is 20.3 Å². The van der Waals surface area contributed by atoms with Crippen LogP contribution in [0.2, 0.25) is 0 Å². The van der Waals surface area contributed by atoms with Crippen LogP contribution in [0, 0.1) is 0 Å². The molecule has 2 aliphatic heterocycles. The lowest BCUT2D eigenvalue weighted by Gasteiger charge is -2.24. The third-order valence-corrected chi connectivity index (χ3v) is 4.19. The van der Waals surface area contributed by atoms with Crippen molar-refractivity contribution in [2.45, 2.75) is 44.2 Å². The molecule has 0 aromatic carbocycles. The molecule has 0 radical (unpaired) electrons. The second-order valence-corrected chi connectivity index (χ2v) is 6.27. The van der Waals surface area contributed by atoms with Gasteiger partial charge in [-0.1, -0.05) is 0 Å². The number of imidazole rings is 1. The van der Waals surface area contributed by atoms with Gasteiger partial charge in [0, 0.05) is 6.54 Å².